The molecule has 0 saturated carbocycles. The van der Waals surface area contributed by atoms with E-state index in [1.807, 2.05) is 6.07 Å². The number of carboxylic acids is 1. The van der Waals surface area contributed by atoms with Crippen molar-refractivity contribution in [1.29, 1.82) is 0 Å². The molecule has 1 atom stereocenters. The van der Waals surface area contributed by atoms with Gasteiger partial charge >= 0.3 is 5.97 Å². The van der Waals surface area contributed by atoms with E-state index in [0.717, 1.165) is 0 Å². The molecule has 7 nitrogen and oxygen atoms in total. The van der Waals surface area contributed by atoms with Gasteiger partial charge in [0.2, 0.25) is 5.82 Å². The number of nitrogens with one attached hydrogen (secondary N) is 1. The third kappa shape index (κ3) is 2.16. The zero-order valence-electron chi connectivity index (χ0n) is 11.2. The second-order valence-corrected chi connectivity index (χ2v) is 5.06. The Kier molecular flexibility index (Phi) is 3.17. The number of aromatic amines is 1. The first-order chi connectivity index (χ1) is 10.1. The number of H-pyrrole nitrogens is 1. The molecule has 0 radical (unpaired) electrons. The van der Waals surface area contributed by atoms with Gasteiger partial charge in [0.15, 0.2) is 0 Å². The maximum atomic E-state index is 12.2. The van der Waals surface area contributed by atoms with Crippen LogP contribution < -0.4 is 0 Å². The van der Waals surface area contributed by atoms with Crippen molar-refractivity contribution in [2.75, 3.05) is 13.1 Å². The van der Waals surface area contributed by atoms with Crippen molar-refractivity contribution in [3.8, 4) is 0 Å². The highest BCUT2D eigenvalue weighted by molar-refractivity contribution is 5.92. The van der Waals surface area contributed by atoms with Crippen LogP contribution in [0.5, 0.6) is 0 Å². The molecule has 2 aromatic rings. The fraction of sp³-hybridized carbons (Fsp3) is 0.286. The average Bonchev–Trinajstić information content (AvgIpc) is 3.18. The van der Waals surface area contributed by atoms with Crippen molar-refractivity contribution in [2.45, 2.75) is 11.8 Å². The van der Waals surface area contributed by atoms with Crippen LogP contribution in [0.2, 0.25) is 0 Å². The maximum absolute atomic E-state index is 12.2. The monoisotopic (exact) mass is 286 g/mol. The number of carbonyl (C=O) groups is 2. The summed E-state index contributed by atoms with van der Waals surface area (Å²) in [7, 11) is 0. The molecule has 0 bridgehead atoms. The number of rotatable bonds is 3. The summed E-state index contributed by atoms with van der Waals surface area (Å²) in [6, 6.07) is 9.03. The summed E-state index contributed by atoms with van der Waals surface area (Å²) in [5, 5.41) is 15.8. The second-order valence-electron chi connectivity index (χ2n) is 5.06. The zero-order chi connectivity index (χ0) is 14.9. The predicted molar refractivity (Wildman–Crippen MR) is 72.7 cm³/mol. The van der Waals surface area contributed by atoms with Crippen LogP contribution in [0, 0.1) is 0 Å². The van der Waals surface area contributed by atoms with E-state index < -0.39 is 11.4 Å². The number of likely N-dealkylation sites (tertiary alicyclic amines) is 1. The zero-order valence-corrected chi connectivity index (χ0v) is 11.2. The molecule has 1 fully saturated rings. The molecule has 0 spiro atoms. The first-order valence-corrected chi connectivity index (χ1v) is 6.57. The topological polar surface area (TPSA) is 99.2 Å². The largest absolute Gasteiger partial charge is 0.481 e. The van der Waals surface area contributed by atoms with Crippen molar-refractivity contribution in [3.05, 3.63) is 48.0 Å². The third-order valence-corrected chi connectivity index (χ3v) is 3.91. The first kappa shape index (κ1) is 13.3. The van der Waals surface area contributed by atoms with E-state index in [4.69, 9.17) is 0 Å². The Labute approximate surface area is 120 Å². The highest BCUT2D eigenvalue weighted by atomic mass is 16.4. The Hall–Kier alpha value is -2.70. The second kappa shape index (κ2) is 5.01. The van der Waals surface area contributed by atoms with Crippen LogP contribution in [-0.2, 0) is 10.2 Å². The van der Waals surface area contributed by atoms with Crippen LogP contribution in [0.15, 0.2) is 36.7 Å². The minimum absolute atomic E-state index is 0.129. The smallest absolute Gasteiger partial charge is 0.316 e. The molecule has 2 N–H and O–H groups in total. The van der Waals surface area contributed by atoms with Gasteiger partial charge in [0.05, 0.1) is 0 Å². The van der Waals surface area contributed by atoms with Crippen LogP contribution in [-0.4, -0.2) is 50.2 Å². The number of hydrogen-bond acceptors (Lipinski definition) is 4. The highest BCUT2D eigenvalue weighted by Gasteiger charge is 2.48. The lowest BCUT2D eigenvalue weighted by atomic mass is 9.80. The van der Waals surface area contributed by atoms with Gasteiger partial charge < -0.3 is 10.0 Å². The van der Waals surface area contributed by atoms with Crippen molar-refractivity contribution in [2.24, 2.45) is 0 Å². The third-order valence-electron chi connectivity index (χ3n) is 3.91. The molecule has 1 unspecified atom stereocenters. The van der Waals surface area contributed by atoms with Crippen LogP contribution in [0.25, 0.3) is 0 Å². The lowest BCUT2D eigenvalue weighted by Gasteiger charge is -2.25. The molecule has 1 aromatic heterocycles. The Morgan fingerprint density at radius 3 is 2.67 bits per heavy atom. The van der Waals surface area contributed by atoms with Gasteiger partial charge in [0.1, 0.15) is 11.7 Å². The predicted octanol–water partition coefficient (Wildman–Crippen LogP) is 0.673. The quantitative estimate of drug-likeness (QED) is 0.864. The Morgan fingerprint density at radius 2 is 2.05 bits per heavy atom. The molecular weight excluding hydrogens is 272 g/mol. The summed E-state index contributed by atoms with van der Waals surface area (Å²) in [4.78, 5) is 29.4. The number of aliphatic carboxylic acids is 1. The summed E-state index contributed by atoms with van der Waals surface area (Å²) in [6.07, 6.45) is 1.64. The molecular formula is C14H14N4O3. The summed E-state index contributed by atoms with van der Waals surface area (Å²) < 4.78 is 0. The molecule has 0 aliphatic carbocycles. The van der Waals surface area contributed by atoms with E-state index in [2.05, 4.69) is 15.2 Å². The molecule has 1 aromatic carbocycles. The van der Waals surface area contributed by atoms with Crippen LogP contribution >= 0.6 is 0 Å². The number of aromatic nitrogens is 3. The van der Waals surface area contributed by atoms with Crippen LogP contribution in [0.4, 0.5) is 0 Å². The summed E-state index contributed by atoms with van der Waals surface area (Å²) >= 11 is 0. The van der Waals surface area contributed by atoms with Gasteiger partial charge in [-0.3, -0.25) is 14.7 Å². The molecule has 2 heterocycles. The number of carbonyl (C=O) groups excluding carboxylic acids is 1. The molecule has 1 saturated heterocycles. The standard InChI is InChI=1S/C14H14N4O3/c19-12(11-15-9-16-17-11)18-7-6-14(8-18,13(20)21)10-4-2-1-3-5-10/h1-5,9H,6-8H2,(H,20,21)(H,15,16,17). The SMILES string of the molecule is O=C(c1ncn[nH]1)N1CCC(C(=O)O)(c2ccccc2)C1. The van der Waals surface area contributed by atoms with E-state index in [1.54, 1.807) is 24.3 Å². The van der Waals surface area contributed by atoms with Gasteiger partial charge in [-0.25, -0.2) is 4.98 Å². The number of hydrogen-bond donors (Lipinski definition) is 2. The summed E-state index contributed by atoms with van der Waals surface area (Å²) in [5.74, 6) is -1.11. The normalized spacial score (nSPS) is 21.4. The maximum Gasteiger partial charge on any atom is 0.316 e. The average molecular weight is 286 g/mol. The first-order valence-electron chi connectivity index (χ1n) is 6.57. The van der Waals surface area contributed by atoms with E-state index in [1.165, 1.54) is 11.2 Å². The molecule has 1 amide bonds. The number of carboxylic acid groups (broad SMARTS) is 1. The van der Waals surface area contributed by atoms with Gasteiger partial charge in [-0.2, -0.15) is 5.10 Å². The van der Waals surface area contributed by atoms with E-state index in [-0.39, 0.29) is 18.3 Å². The number of benzene rings is 1. The summed E-state index contributed by atoms with van der Waals surface area (Å²) in [5.41, 5.74) is -0.345. The van der Waals surface area contributed by atoms with Crippen LogP contribution in [0.3, 0.4) is 0 Å². The Balaban J connectivity index is 1.89. The molecule has 108 valence electrons. The molecule has 21 heavy (non-hydrogen) atoms. The molecule has 1 aliphatic heterocycles. The fourth-order valence-corrected chi connectivity index (χ4v) is 2.73. The lowest BCUT2D eigenvalue weighted by molar-refractivity contribution is -0.143. The Morgan fingerprint density at radius 1 is 1.29 bits per heavy atom. The fourth-order valence-electron chi connectivity index (χ4n) is 2.73. The molecule has 7 heteroatoms. The van der Waals surface area contributed by atoms with Crippen molar-refractivity contribution >= 4 is 11.9 Å². The van der Waals surface area contributed by atoms with Crippen molar-refractivity contribution in [1.82, 2.24) is 20.1 Å². The van der Waals surface area contributed by atoms with E-state index in [9.17, 15) is 14.7 Å². The molecule has 3 rings (SSSR count). The van der Waals surface area contributed by atoms with E-state index in [0.29, 0.717) is 18.5 Å². The van der Waals surface area contributed by atoms with E-state index >= 15 is 0 Å². The number of amides is 1. The van der Waals surface area contributed by atoms with Gasteiger partial charge in [0, 0.05) is 13.1 Å². The van der Waals surface area contributed by atoms with Gasteiger partial charge in [-0.05, 0) is 12.0 Å². The van der Waals surface area contributed by atoms with Gasteiger partial charge in [-0.1, -0.05) is 30.3 Å². The minimum Gasteiger partial charge on any atom is -0.481 e. The summed E-state index contributed by atoms with van der Waals surface area (Å²) in [6.45, 7) is 0.507. The molecule has 1 aliphatic rings. The van der Waals surface area contributed by atoms with Gasteiger partial charge in [-0.15, -0.1) is 0 Å². The highest BCUT2D eigenvalue weighted by Crippen LogP contribution is 2.35. The van der Waals surface area contributed by atoms with Crippen LogP contribution in [0.1, 0.15) is 22.6 Å². The minimum atomic E-state index is -1.06. The van der Waals surface area contributed by atoms with Gasteiger partial charge in [0.25, 0.3) is 5.91 Å². The lowest BCUT2D eigenvalue weighted by Crippen LogP contribution is -2.40. The Bertz CT molecular complexity index is 656. The van der Waals surface area contributed by atoms with Crippen molar-refractivity contribution < 1.29 is 14.7 Å². The van der Waals surface area contributed by atoms with Crippen molar-refractivity contribution in [3.63, 3.8) is 0 Å². The number of nitrogens with zero attached hydrogens (tertiary/aromatic N) is 3.